The number of carbonyl (C=O) groups is 2. The van der Waals surface area contributed by atoms with Gasteiger partial charge in [-0.1, -0.05) is 118 Å². The van der Waals surface area contributed by atoms with Crippen molar-refractivity contribution in [3.63, 3.8) is 0 Å². The molecule has 0 spiro atoms. The molecule has 0 amide bonds. The van der Waals surface area contributed by atoms with Gasteiger partial charge >= 0.3 is 11.9 Å². The molecule has 5 nitrogen and oxygen atoms in total. The van der Waals surface area contributed by atoms with E-state index in [2.05, 4.69) is 27.7 Å². The molecule has 0 aliphatic rings. The van der Waals surface area contributed by atoms with Crippen molar-refractivity contribution in [1.82, 2.24) is 0 Å². The first kappa shape index (κ1) is 33.2. The molecule has 0 aliphatic carbocycles. The minimum absolute atomic E-state index is 0.0391. The number of hydrogen-bond donors (Lipinski definition) is 0. The molecule has 37 heavy (non-hydrogen) atoms. The summed E-state index contributed by atoms with van der Waals surface area (Å²) in [6.45, 7) is 9.55. The molecule has 0 saturated carbocycles. The fraction of sp³-hybridized carbons (Fsp3) is 0.812. The molecular formula is C32H56O5. The zero-order valence-corrected chi connectivity index (χ0v) is 24.5. The number of ether oxygens (including phenoxy) is 2. The van der Waals surface area contributed by atoms with Gasteiger partial charge in [-0.15, -0.1) is 0 Å². The Labute approximate surface area is 227 Å². The number of unbranched alkanes of at least 4 members (excludes halogenated alkanes) is 10. The van der Waals surface area contributed by atoms with E-state index in [0.29, 0.717) is 25.0 Å². The van der Waals surface area contributed by atoms with E-state index in [1.165, 1.54) is 89.4 Å². The number of rotatable bonds is 24. The van der Waals surface area contributed by atoms with Crippen LogP contribution in [0.4, 0.5) is 0 Å². The third-order valence-corrected chi connectivity index (χ3v) is 7.30. The minimum atomic E-state index is -0.571. The maximum absolute atomic E-state index is 12.8. The van der Waals surface area contributed by atoms with Crippen molar-refractivity contribution in [3.8, 4) is 0 Å². The molecule has 1 aromatic rings. The van der Waals surface area contributed by atoms with Gasteiger partial charge in [0.2, 0.25) is 5.76 Å². The van der Waals surface area contributed by atoms with Gasteiger partial charge in [-0.3, -0.25) is 0 Å². The predicted octanol–water partition coefficient (Wildman–Crippen LogP) is 9.93. The van der Waals surface area contributed by atoms with Crippen LogP contribution in [-0.2, 0) is 9.47 Å². The second kappa shape index (κ2) is 22.2. The minimum Gasteiger partial charge on any atom is -0.462 e. The highest BCUT2D eigenvalue weighted by molar-refractivity contribution is 6.01. The SMILES string of the molecule is CCCCCCCCC(CCC)COC(=O)c1ccoc1C(=O)OCC(CCC)CCCCCCCC. The van der Waals surface area contributed by atoms with Crippen LogP contribution in [0.3, 0.4) is 0 Å². The number of carbonyl (C=O) groups excluding carboxylic acids is 2. The van der Waals surface area contributed by atoms with E-state index in [1.807, 2.05) is 0 Å². The first-order chi connectivity index (χ1) is 18.1. The van der Waals surface area contributed by atoms with E-state index in [9.17, 15) is 9.59 Å². The van der Waals surface area contributed by atoms with Crippen molar-refractivity contribution in [3.05, 3.63) is 23.7 Å². The molecule has 0 aliphatic heterocycles. The summed E-state index contributed by atoms with van der Waals surface area (Å²) in [6.07, 6.45) is 22.8. The summed E-state index contributed by atoms with van der Waals surface area (Å²) in [5.41, 5.74) is 0.169. The molecule has 2 unspecified atom stereocenters. The third-order valence-electron chi connectivity index (χ3n) is 7.30. The molecule has 1 aromatic heterocycles. The number of hydrogen-bond acceptors (Lipinski definition) is 5. The summed E-state index contributed by atoms with van der Waals surface area (Å²) in [7, 11) is 0. The van der Waals surface area contributed by atoms with Crippen LogP contribution in [0.5, 0.6) is 0 Å². The fourth-order valence-electron chi connectivity index (χ4n) is 5.02. The lowest BCUT2D eigenvalue weighted by atomic mass is 9.96. The zero-order chi connectivity index (χ0) is 27.1. The Morgan fingerprint density at radius 1 is 0.622 bits per heavy atom. The van der Waals surface area contributed by atoms with Crippen molar-refractivity contribution in [2.45, 2.75) is 143 Å². The highest BCUT2D eigenvalue weighted by atomic mass is 16.5. The van der Waals surface area contributed by atoms with Gasteiger partial charge in [-0.2, -0.15) is 0 Å². The van der Waals surface area contributed by atoms with Crippen molar-refractivity contribution < 1.29 is 23.5 Å². The average molecular weight is 521 g/mol. The molecule has 1 heterocycles. The molecule has 0 N–H and O–H groups in total. The molecule has 0 bridgehead atoms. The Morgan fingerprint density at radius 2 is 1.08 bits per heavy atom. The number of furan rings is 1. The van der Waals surface area contributed by atoms with Crippen molar-refractivity contribution in [2.24, 2.45) is 11.8 Å². The quantitative estimate of drug-likeness (QED) is 0.100. The van der Waals surface area contributed by atoms with Gasteiger partial charge < -0.3 is 13.9 Å². The normalized spacial score (nSPS) is 12.9. The van der Waals surface area contributed by atoms with E-state index in [0.717, 1.165) is 38.5 Å². The van der Waals surface area contributed by atoms with Gasteiger partial charge in [0.15, 0.2) is 0 Å². The number of esters is 2. The predicted molar refractivity (Wildman–Crippen MR) is 152 cm³/mol. The van der Waals surface area contributed by atoms with E-state index in [1.54, 1.807) is 0 Å². The molecule has 214 valence electrons. The first-order valence-corrected chi connectivity index (χ1v) is 15.5. The van der Waals surface area contributed by atoms with E-state index < -0.39 is 11.9 Å². The van der Waals surface area contributed by atoms with E-state index in [-0.39, 0.29) is 11.3 Å². The summed E-state index contributed by atoms with van der Waals surface area (Å²) in [5.74, 6) is -0.399. The zero-order valence-electron chi connectivity index (χ0n) is 24.5. The van der Waals surface area contributed by atoms with Gasteiger partial charge in [0.05, 0.1) is 19.5 Å². The highest BCUT2D eigenvalue weighted by Gasteiger charge is 2.25. The summed E-state index contributed by atoms with van der Waals surface area (Å²) in [5, 5.41) is 0. The molecule has 0 aromatic carbocycles. The van der Waals surface area contributed by atoms with Crippen LogP contribution < -0.4 is 0 Å². The van der Waals surface area contributed by atoms with Crippen LogP contribution in [0.2, 0.25) is 0 Å². The molecule has 0 saturated heterocycles. The standard InChI is InChI=1S/C32H56O5/c1-5-9-11-13-15-17-21-27(19-7-3)25-36-31(33)29-23-24-35-30(29)32(34)37-26-28(20-8-4)22-18-16-14-12-10-6-2/h23-24,27-28H,5-22,25-26H2,1-4H3. The Kier molecular flexibility index (Phi) is 20.0. The van der Waals surface area contributed by atoms with Crippen molar-refractivity contribution in [1.29, 1.82) is 0 Å². The lowest BCUT2D eigenvalue weighted by molar-refractivity contribution is 0.0350. The largest absolute Gasteiger partial charge is 0.462 e. The molecular weight excluding hydrogens is 464 g/mol. The molecule has 5 heteroatoms. The van der Waals surface area contributed by atoms with E-state index >= 15 is 0 Å². The summed E-state index contributed by atoms with van der Waals surface area (Å²) in [6, 6.07) is 1.52. The van der Waals surface area contributed by atoms with Crippen LogP contribution in [0.1, 0.15) is 164 Å². The Balaban J connectivity index is 2.49. The van der Waals surface area contributed by atoms with Gasteiger partial charge in [0, 0.05) is 0 Å². The average Bonchev–Trinajstić information content (AvgIpc) is 3.39. The maximum atomic E-state index is 12.8. The van der Waals surface area contributed by atoms with Gasteiger partial charge in [-0.05, 0) is 43.6 Å². The monoisotopic (exact) mass is 520 g/mol. The molecule has 0 fully saturated rings. The Hall–Kier alpha value is -1.78. The Bertz CT molecular complexity index is 639. The van der Waals surface area contributed by atoms with Crippen LogP contribution in [0.15, 0.2) is 16.7 Å². The van der Waals surface area contributed by atoms with Crippen LogP contribution >= 0.6 is 0 Å². The van der Waals surface area contributed by atoms with Gasteiger partial charge in [0.25, 0.3) is 0 Å². The Morgan fingerprint density at radius 3 is 1.57 bits per heavy atom. The first-order valence-electron chi connectivity index (χ1n) is 15.5. The maximum Gasteiger partial charge on any atom is 0.375 e. The summed E-state index contributed by atoms with van der Waals surface area (Å²) in [4.78, 5) is 25.5. The van der Waals surface area contributed by atoms with Gasteiger partial charge in [0.1, 0.15) is 5.56 Å². The highest BCUT2D eigenvalue weighted by Crippen LogP contribution is 2.21. The summed E-state index contributed by atoms with van der Waals surface area (Å²) >= 11 is 0. The molecule has 2 atom stereocenters. The topological polar surface area (TPSA) is 65.7 Å². The van der Waals surface area contributed by atoms with Gasteiger partial charge in [-0.25, -0.2) is 9.59 Å². The second-order valence-electron chi connectivity index (χ2n) is 10.8. The van der Waals surface area contributed by atoms with Crippen LogP contribution in [0, 0.1) is 11.8 Å². The van der Waals surface area contributed by atoms with E-state index in [4.69, 9.17) is 13.9 Å². The molecule has 0 radical (unpaired) electrons. The smallest absolute Gasteiger partial charge is 0.375 e. The van der Waals surface area contributed by atoms with Crippen LogP contribution in [-0.4, -0.2) is 25.2 Å². The second-order valence-corrected chi connectivity index (χ2v) is 10.8. The third kappa shape index (κ3) is 15.3. The lowest BCUT2D eigenvalue weighted by Crippen LogP contribution is -2.18. The van der Waals surface area contributed by atoms with Crippen molar-refractivity contribution >= 4 is 11.9 Å². The molecule has 1 rings (SSSR count). The van der Waals surface area contributed by atoms with Crippen LogP contribution in [0.25, 0.3) is 0 Å². The lowest BCUT2D eigenvalue weighted by Gasteiger charge is -2.17. The summed E-state index contributed by atoms with van der Waals surface area (Å²) < 4.78 is 16.6. The fourth-order valence-corrected chi connectivity index (χ4v) is 5.02. The van der Waals surface area contributed by atoms with Crippen molar-refractivity contribution in [2.75, 3.05) is 13.2 Å².